The van der Waals surface area contributed by atoms with Crippen molar-refractivity contribution in [3.63, 3.8) is 0 Å². The highest BCUT2D eigenvalue weighted by Gasteiger charge is 2.40. The molecule has 2 aliphatic rings. The number of halogens is 2. The van der Waals surface area contributed by atoms with Crippen molar-refractivity contribution in [2.45, 2.75) is 65.6 Å². The number of benzene rings is 2. The maximum atomic E-state index is 13.7. The first-order valence-electron chi connectivity index (χ1n) is 14.1. The second kappa shape index (κ2) is 12.8. The first kappa shape index (κ1) is 29.5. The van der Waals surface area contributed by atoms with E-state index in [2.05, 4.69) is 52.3 Å². The van der Waals surface area contributed by atoms with Crippen molar-refractivity contribution in [3.8, 4) is 5.75 Å². The number of amides is 1. The maximum Gasteiger partial charge on any atom is 0.387 e. The van der Waals surface area contributed by atoms with Crippen LogP contribution in [0.4, 0.5) is 8.78 Å². The number of alkyl halides is 2. The zero-order chi connectivity index (χ0) is 28.2. The SMILES string of the molecule is CB(O)N1CCC(CC(=O)N2CCN(C(c3ccccc3)c3ccc(OC(F)F)cc3)C[C@@H]2C(C)(C)C)CC1. The Morgan fingerprint density at radius 2 is 1.62 bits per heavy atom. The quantitative estimate of drug-likeness (QED) is 0.469. The second-order valence-electron chi connectivity index (χ2n) is 12.0. The molecule has 0 saturated carbocycles. The van der Waals surface area contributed by atoms with E-state index in [9.17, 15) is 18.6 Å². The average molecular weight is 541 g/mol. The van der Waals surface area contributed by atoms with Crippen molar-refractivity contribution < 1.29 is 23.3 Å². The van der Waals surface area contributed by atoms with Crippen LogP contribution in [0.3, 0.4) is 0 Å². The summed E-state index contributed by atoms with van der Waals surface area (Å²) < 4.78 is 30.0. The number of carbonyl (C=O) groups is 1. The fraction of sp³-hybridized carbons (Fsp3) is 0.567. The van der Waals surface area contributed by atoms with Crippen LogP contribution in [0, 0.1) is 11.3 Å². The molecule has 2 aromatic carbocycles. The highest BCUT2D eigenvalue weighted by molar-refractivity contribution is 6.45. The molecular weight excluding hydrogens is 499 g/mol. The van der Waals surface area contributed by atoms with Crippen LogP contribution in [0.15, 0.2) is 54.6 Å². The van der Waals surface area contributed by atoms with Crippen molar-refractivity contribution in [2.75, 3.05) is 32.7 Å². The first-order chi connectivity index (χ1) is 18.5. The lowest BCUT2D eigenvalue weighted by molar-refractivity contribution is -0.141. The van der Waals surface area contributed by atoms with Gasteiger partial charge in [0.15, 0.2) is 0 Å². The van der Waals surface area contributed by atoms with Gasteiger partial charge in [-0.2, -0.15) is 8.78 Å². The predicted molar refractivity (Wildman–Crippen MR) is 151 cm³/mol. The van der Waals surface area contributed by atoms with Gasteiger partial charge in [-0.3, -0.25) is 9.69 Å². The molecular formula is C30H42BF2N3O3. The molecule has 0 bridgehead atoms. The summed E-state index contributed by atoms with van der Waals surface area (Å²) in [7, 11) is -0.439. The van der Waals surface area contributed by atoms with Crippen molar-refractivity contribution in [1.29, 1.82) is 0 Å². The molecule has 39 heavy (non-hydrogen) atoms. The fourth-order valence-electron chi connectivity index (χ4n) is 6.05. The molecule has 2 heterocycles. The van der Waals surface area contributed by atoms with Crippen LogP contribution in [0.25, 0.3) is 0 Å². The zero-order valence-electron chi connectivity index (χ0n) is 23.6. The predicted octanol–water partition coefficient (Wildman–Crippen LogP) is 5.15. The van der Waals surface area contributed by atoms with Gasteiger partial charge in [0.2, 0.25) is 5.91 Å². The summed E-state index contributed by atoms with van der Waals surface area (Å²) in [6, 6.07) is 17.1. The third-order valence-electron chi connectivity index (χ3n) is 8.27. The number of piperazine rings is 1. The summed E-state index contributed by atoms with van der Waals surface area (Å²) in [5.41, 5.74) is 2.00. The molecule has 2 saturated heterocycles. The van der Waals surface area contributed by atoms with Gasteiger partial charge in [0, 0.05) is 32.1 Å². The summed E-state index contributed by atoms with van der Waals surface area (Å²) in [6.07, 6.45) is 2.41. The van der Waals surface area contributed by atoms with Crippen LogP contribution >= 0.6 is 0 Å². The summed E-state index contributed by atoms with van der Waals surface area (Å²) >= 11 is 0. The molecule has 0 radical (unpaired) electrons. The molecule has 6 nitrogen and oxygen atoms in total. The van der Waals surface area contributed by atoms with Crippen LogP contribution in [0.5, 0.6) is 5.75 Å². The van der Waals surface area contributed by atoms with Gasteiger partial charge in [-0.15, -0.1) is 0 Å². The monoisotopic (exact) mass is 541 g/mol. The second-order valence-corrected chi connectivity index (χ2v) is 12.0. The molecule has 4 rings (SSSR count). The van der Waals surface area contributed by atoms with Gasteiger partial charge in [0.25, 0.3) is 0 Å². The number of hydrogen-bond acceptors (Lipinski definition) is 5. The Balaban J connectivity index is 1.52. The summed E-state index contributed by atoms with van der Waals surface area (Å²) in [5.74, 6) is 0.704. The van der Waals surface area contributed by atoms with E-state index >= 15 is 0 Å². The summed E-state index contributed by atoms with van der Waals surface area (Å²) in [4.78, 5) is 20.2. The molecule has 2 aromatic rings. The molecule has 9 heteroatoms. The van der Waals surface area contributed by atoms with E-state index < -0.39 is 13.7 Å². The highest BCUT2D eigenvalue weighted by atomic mass is 19.3. The molecule has 0 aliphatic carbocycles. The minimum atomic E-state index is -2.86. The lowest BCUT2D eigenvalue weighted by Crippen LogP contribution is -2.60. The zero-order valence-corrected chi connectivity index (χ0v) is 23.6. The van der Waals surface area contributed by atoms with Crippen LogP contribution in [0.2, 0.25) is 6.82 Å². The summed E-state index contributed by atoms with van der Waals surface area (Å²) in [6.45, 7) is 9.24. The van der Waals surface area contributed by atoms with Crippen LogP contribution in [-0.4, -0.2) is 78.0 Å². The molecule has 2 atom stereocenters. The lowest BCUT2D eigenvalue weighted by Gasteiger charge is -2.50. The van der Waals surface area contributed by atoms with Crippen molar-refractivity contribution >= 4 is 13.0 Å². The molecule has 0 aromatic heterocycles. The van der Waals surface area contributed by atoms with Crippen LogP contribution < -0.4 is 4.74 Å². The van der Waals surface area contributed by atoms with Gasteiger partial charge in [-0.25, -0.2) is 0 Å². The van der Waals surface area contributed by atoms with Crippen molar-refractivity contribution in [1.82, 2.24) is 14.6 Å². The fourth-order valence-corrected chi connectivity index (χ4v) is 6.05. The normalized spacial score (nSPS) is 20.7. The number of carbonyl (C=O) groups excluding carboxylic acids is 1. The minimum absolute atomic E-state index is 0.0314. The molecule has 1 amide bonds. The van der Waals surface area contributed by atoms with Gasteiger partial charge in [-0.1, -0.05) is 63.2 Å². The van der Waals surface area contributed by atoms with E-state index in [-0.39, 0.29) is 29.2 Å². The van der Waals surface area contributed by atoms with E-state index in [4.69, 9.17) is 0 Å². The number of nitrogens with zero attached hydrogens (tertiary/aromatic N) is 3. The molecule has 1 unspecified atom stereocenters. The molecule has 2 aliphatic heterocycles. The topological polar surface area (TPSA) is 56.2 Å². The maximum absolute atomic E-state index is 13.7. The van der Waals surface area contributed by atoms with Gasteiger partial charge in [0.05, 0.1) is 6.04 Å². The average Bonchev–Trinajstić information content (AvgIpc) is 2.90. The van der Waals surface area contributed by atoms with Gasteiger partial charge < -0.3 is 19.5 Å². The third-order valence-corrected chi connectivity index (χ3v) is 8.27. The van der Waals surface area contributed by atoms with E-state index in [0.717, 1.165) is 37.1 Å². The van der Waals surface area contributed by atoms with Gasteiger partial charge in [0.1, 0.15) is 5.75 Å². The van der Waals surface area contributed by atoms with E-state index in [1.165, 1.54) is 0 Å². The molecule has 2 fully saturated rings. The highest BCUT2D eigenvalue weighted by Crippen LogP contribution is 2.36. The van der Waals surface area contributed by atoms with E-state index in [1.54, 1.807) is 19.0 Å². The Bertz CT molecular complexity index is 1060. The van der Waals surface area contributed by atoms with Crippen LogP contribution in [0.1, 0.15) is 57.2 Å². The Morgan fingerprint density at radius 3 is 2.18 bits per heavy atom. The number of hydrogen-bond donors (Lipinski definition) is 1. The van der Waals surface area contributed by atoms with Gasteiger partial charge >= 0.3 is 13.7 Å². The summed E-state index contributed by atoms with van der Waals surface area (Å²) in [5, 5.41) is 9.87. The van der Waals surface area contributed by atoms with Crippen molar-refractivity contribution in [2.24, 2.45) is 11.3 Å². The van der Waals surface area contributed by atoms with Gasteiger partial charge in [-0.05, 0) is 67.3 Å². The minimum Gasteiger partial charge on any atom is -0.437 e. The standard InChI is InChI=1S/C30H42BF2N3O3/c1-30(2,3)26-21-34(18-19-36(26)27(37)20-22-14-16-35(17-15-22)31(4)38)28(23-8-6-5-7-9-23)24-10-12-25(13-11-24)39-29(32)33/h5-13,22,26,28-29,38H,14-21H2,1-4H3/t26-,28?/m1/s1. The number of ether oxygens (including phenoxy) is 1. The van der Waals surface area contributed by atoms with Crippen LogP contribution in [-0.2, 0) is 4.79 Å². The van der Waals surface area contributed by atoms with Crippen molar-refractivity contribution in [3.05, 3.63) is 65.7 Å². The third kappa shape index (κ3) is 7.59. The molecule has 212 valence electrons. The Morgan fingerprint density at radius 1 is 1.00 bits per heavy atom. The Labute approximate surface area is 232 Å². The largest absolute Gasteiger partial charge is 0.437 e. The molecule has 0 spiro atoms. The van der Waals surface area contributed by atoms with E-state index in [1.807, 2.05) is 30.3 Å². The number of piperidine rings is 1. The van der Waals surface area contributed by atoms with E-state index in [0.29, 0.717) is 32.0 Å². The smallest absolute Gasteiger partial charge is 0.387 e. The number of rotatable bonds is 8. The Kier molecular flexibility index (Phi) is 9.67. The lowest BCUT2D eigenvalue weighted by atomic mass is 9.80. The first-order valence-corrected chi connectivity index (χ1v) is 14.1. The molecule has 1 N–H and O–H groups in total. The Hall–Kier alpha value is -2.49.